The smallest absolute Gasteiger partial charge is 0.191 e. The number of guanidine groups is 1. The summed E-state index contributed by atoms with van der Waals surface area (Å²) in [6.45, 7) is 6.55. The molecule has 1 aliphatic rings. The Labute approximate surface area is 178 Å². The molecule has 0 saturated heterocycles. The van der Waals surface area contributed by atoms with Crippen LogP contribution in [-0.2, 0) is 19.5 Å². The summed E-state index contributed by atoms with van der Waals surface area (Å²) in [7, 11) is 0. The van der Waals surface area contributed by atoms with Crippen molar-refractivity contribution in [2.75, 3.05) is 6.54 Å². The van der Waals surface area contributed by atoms with Crippen LogP contribution >= 0.6 is 24.0 Å². The summed E-state index contributed by atoms with van der Waals surface area (Å²) in [6, 6.07) is 4.33. The first-order valence-electron chi connectivity index (χ1n) is 9.70. The van der Waals surface area contributed by atoms with Crippen LogP contribution in [0.5, 0.6) is 0 Å². The van der Waals surface area contributed by atoms with Crippen molar-refractivity contribution in [1.29, 1.82) is 0 Å². The fourth-order valence-corrected chi connectivity index (χ4v) is 3.45. The number of nitrogens with zero attached hydrogens (tertiary/aromatic N) is 4. The summed E-state index contributed by atoms with van der Waals surface area (Å²) in [6.07, 6.45) is 9.46. The molecule has 0 bridgehead atoms. The molecule has 1 fully saturated rings. The first-order chi connectivity index (χ1) is 12.8. The highest BCUT2D eigenvalue weighted by atomic mass is 127. The second-order valence-corrected chi connectivity index (χ2v) is 6.98. The third-order valence-corrected chi connectivity index (χ3v) is 5.06. The number of hydrogen-bond donors (Lipinski definition) is 2. The highest BCUT2D eigenvalue weighted by Crippen LogP contribution is 2.23. The molecular formula is C19H31IN6O. The molecule has 2 aromatic rings. The van der Waals surface area contributed by atoms with Gasteiger partial charge in [-0.3, -0.25) is 0 Å². The standard InChI is InChI=1S/C19H30N6O.HI/c1-3-18-24-22-14-25(18)11-10-20-19(21-13-16-8-6-12-26-16)23-17-9-5-4-7-15(17)2;/h6,8,12,14-15,17H,3-5,7,9-11,13H2,1-2H3,(H2,20,21,23);1H. The predicted octanol–water partition coefficient (Wildman–Crippen LogP) is 3.37. The van der Waals surface area contributed by atoms with E-state index < -0.39 is 0 Å². The van der Waals surface area contributed by atoms with Gasteiger partial charge < -0.3 is 19.6 Å². The number of aromatic nitrogens is 3. The van der Waals surface area contributed by atoms with Crippen molar-refractivity contribution in [3.63, 3.8) is 0 Å². The molecule has 1 saturated carbocycles. The lowest BCUT2D eigenvalue weighted by atomic mass is 9.86. The molecule has 2 heterocycles. The number of rotatable bonds is 7. The van der Waals surface area contributed by atoms with Crippen LogP contribution in [0.25, 0.3) is 0 Å². The van der Waals surface area contributed by atoms with Crippen LogP contribution in [-0.4, -0.2) is 33.3 Å². The molecule has 2 N–H and O–H groups in total. The molecule has 0 spiro atoms. The number of aryl methyl sites for hydroxylation is 1. The van der Waals surface area contributed by atoms with E-state index in [1.807, 2.05) is 12.1 Å². The lowest BCUT2D eigenvalue weighted by Crippen LogP contribution is -2.47. The molecule has 2 unspecified atom stereocenters. The Morgan fingerprint density at radius 1 is 1.37 bits per heavy atom. The van der Waals surface area contributed by atoms with Gasteiger partial charge in [0.25, 0.3) is 0 Å². The molecule has 7 nitrogen and oxygen atoms in total. The second kappa shape index (κ2) is 11.3. The van der Waals surface area contributed by atoms with Gasteiger partial charge >= 0.3 is 0 Å². The van der Waals surface area contributed by atoms with Crippen molar-refractivity contribution in [2.45, 2.75) is 65.1 Å². The van der Waals surface area contributed by atoms with Crippen molar-refractivity contribution in [3.05, 3.63) is 36.3 Å². The molecular weight excluding hydrogens is 455 g/mol. The van der Waals surface area contributed by atoms with Gasteiger partial charge in [0.1, 0.15) is 24.5 Å². The predicted molar refractivity (Wildman–Crippen MR) is 117 cm³/mol. The number of hydrogen-bond acceptors (Lipinski definition) is 4. The second-order valence-electron chi connectivity index (χ2n) is 6.98. The topological polar surface area (TPSA) is 80.3 Å². The van der Waals surface area contributed by atoms with Crippen molar-refractivity contribution in [2.24, 2.45) is 10.9 Å². The Bertz CT molecular complexity index is 684. The van der Waals surface area contributed by atoms with E-state index in [4.69, 9.17) is 9.41 Å². The van der Waals surface area contributed by atoms with Gasteiger partial charge in [0.15, 0.2) is 5.96 Å². The minimum Gasteiger partial charge on any atom is -0.467 e. The average molecular weight is 486 g/mol. The number of aliphatic imine (C=N–C) groups is 1. The fourth-order valence-electron chi connectivity index (χ4n) is 3.45. The Morgan fingerprint density at radius 2 is 2.22 bits per heavy atom. The van der Waals surface area contributed by atoms with E-state index in [0.29, 0.717) is 18.5 Å². The van der Waals surface area contributed by atoms with Gasteiger partial charge in [-0.15, -0.1) is 34.2 Å². The van der Waals surface area contributed by atoms with Crippen molar-refractivity contribution >= 4 is 29.9 Å². The van der Waals surface area contributed by atoms with E-state index in [1.54, 1.807) is 12.6 Å². The van der Waals surface area contributed by atoms with E-state index in [9.17, 15) is 0 Å². The lowest BCUT2D eigenvalue weighted by Gasteiger charge is -2.31. The Balaban J connectivity index is 0.00000261. The van der Waals surface area contributed by atoms with Crippen LogP contribution in [0.3, 0.4) is 0 Å². The minimum atomic E-state index is 0. The lowest BCUT2D eigenvalue weighted by molar-refractivity contribution is 0.306. The highest BCUT2D eigenvalue weighted by Gasteiger charge is 2.22. The largest absolute Gasteiger partial charge is 0.467 e. The Hall–Kier alpha value is -1.58. The number of nitrogens with one attached hydrogen (secondary N) is 2. The van der Waals surface area contributed by atoms with E-state index in [2.05, 4.69) is 39.2 Å². The minimum absolute atomic E-state index is 0. The normalized spacial score (nSPS) is 20.1. The summed E-state index contributed by atoms with van der Waals surface area (Å²) in [5.74, 6) is 3.40. The zero-order chi connectivity index (χ0) is 18.2. The van der Waals surface area contributed by atoms with Crippen molar-refractivity contribution < 1.29 is 4.42 Å². The van der Waals surface area contributed by atoms with E-state index >= 15 is 0 Å². The molecule has 2 atom stereocenters. The van der Waals surface area contributed by atoms with Crippen LogP contribution < -0.4 is 10.6 Å². The van der Waals surface area contributed by atoms with Crippen molar-refractivity contribution in [1.82, 2.24) is 25.4 Å². The van der Waals surface area contributed by atoms with Gasteiger partial charge in [0.05, 0.1) is 6.26 Å². The number of halogens is 1. The summed E-state index contributed by atoms with van der Waals surface area (Å²) in [4.78, 5) is 4.72. The van der Waals surface area contributed by atoms with Crippen molar-refractivity contribution in [3.8, 4) is 0 Å². The Kier molecular flexibility index (Phi) is 9.09. The van der Waals surface area contributed by atoms with Gasteiger partial charge in [-0.25, -0.2) is 4.99 Å². The van der Waals surface area contributed by atoms with Crippen LogP contribution in [0, 0.1) is 5.92 Å². The Morgan fingerprint density at radius 3 is 2.96 bits per heavy atom. The highest BCUT2D eigenvalue weighted by molar-refractivity contribution is 14.0. The van der Waals surface area contributed by atoms with Crippen LogP contribution in [0.4, 0.5) is 0 Å². The first-order valence-corrected chi connectivity index (χ1v) is 9.70. The maximum Gasteiger partial charge on any atom is 0.191 e. The molecule has 0 aromatic carbocycles. The summed E-state index contributed by atoms with van der Waals surface area (Å²) < 4.78 is 7.49. The zero-order valence-corrected chi connectivity index (χ0v) is 18.6. The molecule has 3 rings (SSSR count). The summed E-state index contributed by atoms with van der Waals surface area (Å²) in [5.41, 5.74) is 0. The molecule has 27 heavy (non-hydrogen) atoms. The average Bonchev–Trinajstić information content (AvgIpc) is 3.32. The van der Waals surface area contributed by atoms with Gasteiger partial charge in [0, 0.05) is 25.6 Å². The van der Waals surface area contributed by atoms with Gasteiger partial charge in [-0.1, -0.05) is 26.7 Å². The monoisotopic (exact) mass is 486 g/mol. The third-order valence-electron chi connectivity index (χ3n) is 5.06. The van der Waals surface area contributed by atoms with Crippen LogP contribution in [0.2, 0.25) is 0 Å². The maximum atomic E-state index is 5.41. The quantitative estimate of drug-likeness (QED) is 0.357. The van der Waals surface area contributed by atoms with Crippen LogP contribution in [0.1, 0.15) is 51.1 Å². The maximum absolute atomic E-state index is 5.41. The van der Waals surface area contributed by atoms with E-state index in [0.717, 1.165) is 37.1 Å². The molecule has 1 aliphatic carbocycles. The van der Waals surface area contributed by atoms with Crippen LogP contribution in [0.15, 0.2) is 34.1 Å². The molecule has 8 heteroatoms. The fraction of sp³-hybridized carbons (Fsp3) is 0.632. The van der Waals surface area contributed by atoms with Gasteiger partial charge in [0.2, 0.25) is 0 Å². The molecule has 2 aromatic heterocycles. The summed E-state index contributed by atoms with van der Waals surface area (Å²) >= 11 is 0. The molecule has 0 amide bonds. The summed E-state index contributed by atoms with van der Waals surface area (Å²) in [5, 5.41) is 15.2. The SMILES string of the molecule is CCc1nncn1CCNC(=NCc1ccco1)NC1CCCCC1C.I. The molecule has 150 valence electrons. The molecule has 0 aliphatic heterocycles. The molecule has 0 radical (unpaired) electrons. The van der Waals surface area contributed by atoms with E-state index in [1.165, 1.54) is 25.7 Å². The third kappa shape index (κ3) is 6.51. The van der Waals surface area contributed by atoms with Gasteiger partial charge in [-0.2, -0.15) is 0 Å². The zero-order valence-electron chi connectivity index (χ0n) is 16.2. The number of furan rings is 1. The first kappa shape index (κ1) is 21.7. The van der Waals surface area contributed by atoms with E-state index in [-0.39, 0.29) is 24.0 Å². The van der Waals surface area contributed by atoms with Gasteiger partial charge in [-0.05, 0) is 30.9 Å².